The van der Waals surface area contributed by atoms with Gasteiger partial charge in [0.1, 0.15) is 5.41 Å². The second kappa shape index (κ2) is 4.73. The average molecular weight is 360 g/mol. The molecular formula is C12H8BrCl2F3. The summed E-state index contributed by atoms with van der Waals surface area (Å²) >= 11 is 14.7. The lowest BCUT2D eigenvalue weighted by atomic mass is 9.79. The number of allylic oxidation sites excluding steroid dienone is 2. The van der Waals surface area contributed by atoms with Crippen LogP contribution in [0.4, 0.5) is 13.2 Å². The highest BCUT2D eigenvalue weighted by atomic mass is 79.9. The third-order valence-corrected chi connectivity index (χ3v) is 4.11. The van der Waals surface area contributed by atoms with Gasteiger partial charge < -0.3 is 0 Å². The number of hydrogen-bond acceptors (Lipinski definition) is 0. The third-order valence-electron chi connectivity index (χ3n) is 3.04. The van der Waals surface area contributed by atoms with Crippen LogP contribution in [0.25, 0.3) is 0 Å². The van der Waals surface area contributed by atoms with Gasteiger partial charge in [-0.25, -0.2) is 0 Å². The summed E-state index contributed by atoms with van der Waals surface area (Å²) in [7, 11) is 0. The Kier molecular flexibility index (Phi) is 3.74. The summed E-state index contributed by atoms with van der Waals surface area (Å²) in [6, 6.07) is 4.07. The van der Waals surface area contributed by atoms with Gasteiger partial charge in [-0.1, -0.05) is 45.2 Å². The van der Waals surface area contributed by atoms with Crippen LogP contribution in [0.1, 0.15) is 18.4 Å². The van der Waals surface area contributed by atoms with Crippen LogP contribution in [0.3, 0.4) is 0 Å². The number of rotatable bonds is 1. The summed E-state index contributed by atoms with van der Waals surface area (Å²) in [5.41, 5.74) is -1.91. The topological polar surface area (TPSA) is 0 Å². The first-order valence-electron chi connectivity index (χ1n) is 5.15. The average Bonchev–Trinajstić information content (AvgIpc) is 2.59. The molecule has 0 amide bonds. The quantitative estimate of drug-likeness (QED) is 0.588. The maximum atomic E-state index is 13.4. The van der Waals surface area contributed by atoms with E-state index in [9.17, 15) is 13.2 Å². The van der Waals surface area contributed by atoms with E-state index in [-0.39, 0.29) is 22.0 Å². The molecule has 98 valence electrons. The molecule has 0 saturated carbocycles. The Bertz CT molecular complexity index is 490. The first-order chi connectivity index (χ1) is 8.24. The second-order valence-electron chi connectivity index (χ2n) is 4.22. The SMILES string of the molecule is FC(F)(F)C1(c2cc(Cl)cc(Cl)c2)C=C(Br)CC1. The van der Waals surface area contributed by atoms with Crippen molar-refractivity contribution in [2.45, 2.75) is 24.4 Å². The lowest BCUT2D eigenvalue weighted by Gasteiger charge is -2.30. The van der Waals surface area contributed by atoms with Crippen LogP contribution in [-0.4, -0.2) is 6.18 Å². The fourth-order valence-electron chi connectivity index (χ4n) is 2.15. The van der Waals surface area contributed by atoms with Crippen LogP contribution < -0.4 is 0 Å². The summed E-state index contributed by atoms with van der Waals surface area (Å²) in [6.45, 7) is 0. The highest BCUT2D eigenvalue weighted by Gasteiger charge is 2.56. The standard InChI is InChI=1S/C12H8BrCl2F3/c13-8-1-2-11(6-8,12(16,17)18)7-3-9(14)5-10(15)4-7/h3-6H,1-2H2. The van der Waals surface area contributed by atoms with Crippen molar-refractivity contribution in [2.75, 3.05) is 0 Å². The van der Waals surface area contributed by atoms with E-state index < -0.39 is 11.6 Å². The minimum absolute atomic E-state index is 0.0340. The summed E-state index contributed by atoms with van der Waals surface area (Å²) < 4.78 is 40.7. The van der Waals surface area contributed by atoms with Crippen LogP contribution in [0.15, 0.2) is 28.8 Å². The number of alkyl halides is 3. The molecule has 1 aromatic rings. The zero-order valence-electron chi connectivity index (χ0n) is 8.99. The highest BCUT2D eigenvalue weighted by molar-refractivity contribution is 9.11. The molecule has 1 aromatic carbocycles. The van der Waals surface area contributed by atoms with Crippen molar-refractivity contribution in [1.82, 2.24) is 0 Å². The van der Waals surface area contributed by atoms with Crippen molar-refractivity contribution in [1.29, 1.82) is 0 Å². The van der Waals surface area contributed by atoms with Gasteiger partial charge in [0.25, 0.3) is 0 Å². The van der Waals surface area contributed by atoms with Gasteiger partial charge >= 0.3 is 6.18 Å². The molecule has 6 heteroatoms. The van der Waals surface area contributed by atoms with Crippen LogP contribution in [0, 0.1) is 0 Å². The van der Waals surface area contributed by atoms with Crippen molar-refractivity contribution in [3.63, 3.8) is 0 Å². The zero-order valence-corrected chi connectivity index (χ0v) is 12.1. The molecule has 0 aromatic heterocycles. The fourth-order valence-corrected chi connectivity index (χ4v) is 3.27. The van der Waals surface area contributed by atoms with Gasteiger partial charge in [0, 0.05) is 10.0 Å². The van der Waals surface area contributed by atoms with E-state index in [1.807, 2.05) is 0 Å². The smallest absolute Gasteiger partial charge is 0.170 e. The molecule has 0 bridgehead atoms. The Labute approximate surface area is 121 Å². The Morgan fingerprint density at radius 2 is 1.67 bits per heavy atom. The van der Waals surface area contributed by atoms with Gasteiger partial charge in [-0.15, -0.1) is 0 Å². The van der Waals surface area contributed by atoms with Crippen LogP contribution in [-0.2, 0) is 5.41 Å². The van der Waals surface area contributed by atoms with Crippen LogP contribution in [0.5, 0.6) is 0 Å². The molecule has 0 saturated heterocycles. The summed E-state index contributed by atoms with van der Waals surface area (Å²) in [5.74, 6) is 0. The molecule has 0 spiro atoms. The van der Waals surface area contributed by atoms with Crippen LogP contribution in [0.2, 0.25) is 10.0 Å². The predicted octanol–water partition coefficient (Wildman–Crippen LogP) is 5.87. The molecule has 0 radical (unpaired) electrons. The van der Waals surface area contributed by atoms with E-state index in [0.717, 1.165) is 0 Å². The molecule has 0 heterocycles. The summed E-state index contributed by atoms with van der Waals surface area (Å²) in [6.07, 6.45) is -2.86. The van der Waals surface area contributed by atoms with E-state index in [1.165, 1.54) is 24.3 Å². The Morgan fingerprint density at radius 3 is 2.06 bits per heavy atom. The van der Waals surface area contributed by atoms with Crippen molar-refractivity contribution in [2.24, 2.45) is 0 Å². The first kappa shape index (κ1) is 14.2. The van der Waals surface area contributed by atoms with E-state index in [0.29, 0.717) is 10.9 Å². The fraction of sp³-hybridized carbons (Fsp3) is 0.333. The van der Waals surface area contributed by atoms with Gasteiger partial charge in [0.2, 0.25) is 0 Å². The van der Waals surface area contributed by atoms with Gasteiger partial charge in [0.15, 0.2) is 0 Å². The molecule has 0 fully saturated rings. The van der Waals surface area contributed by atoms with E-state index in [1.54, 1.807) is 0 Å². The van der Waals surface area contributed by atoms with E-state index in [2.05, 4.69) is 15.9 Å². The van der Waals surface area contributed by atoms with Crippen molar-refractivity contribution < 1.29 is 13.2 Å². The predicted molar refractivity (Wildman–Crippen MR) is 70.4 cm³/mol. The molecule has 2 rings (SSSR count). The minimum atomic E-state index is -4.38. The van der Waals surface area contributed by atoms with Crippen molar-refractivity contribution in [3.8, 4) is 0 Å². The second-order valence-corrected chi connectivity index (χ2v) is 6.11. The minimum Gasteiger partial charge on any atom is -0.170 e. The van der Waals surface area contributed by atoms with Gasteiger partial charge in [-0.3, -0.25) is 0 Å². The Morgan fingerprint density at radius 1 is 1.11 bits per heavy atom. The van der Waals surface area contributed by atoms with Gasteiger partial charge in [-0.2, -0.15) is 13.2 Å². The molecule has 0 nitrogen and oxygen atoms in total. The van der Waals surface area contributed by atoms with E-state index in [4.69, 9.17) is 23.2 Å². The maximum absolute atomic E-state index is 13.4. The lowest BCUT2D eigenvalue weighted by molar-refractivity contribution is -0.175. The Hall–Kier alpha value is -0.190. The molecule has 1 unspecified atom stereocenters. The van der Waals surface area contributed by atoms with E-state index >= 15 is 0 Å². The van der Waals surface area contributed by atoms with Gasteiger partial charge in [-0.05, 0) is 41.1 Å². The molecular weight excluding hydrogens is 352 g/mol. The number of benzene rings is 1. The number of hydrogen-bond donors (Lipinski definition) is 0. The number of halogens is 6. The zero-order chi connectivity index (χ0) is 13.6. The highest BCUT2D eigenvalue weighted by Crippen LogP contribution is 2.52. The van der Waals surface area contributed by atoms with Crippen LogP contribution >= 0.6 is 39.1 Å². The summed E-state index contributed by atoms with van der Waals surface area (Å²) in [4.78, 5) is 0. The molecule has 1 atom stereocenters. The lowest BCUT2D eigenvalue weighted by Crippen LogP contribution is -2.39. The first-order valence-corrected chi connectivity index (χ1v) is 6.70. The summed E-state index contributed by atoms with van der Waals surface area (Å²) in [5, 5.41) is 0.412. The normalized spacial score (nSPS) is 24.2. The van der Waals surface area contributed by atoms with Crippen molar-refractivity contribution in [3.05, 3.63) is 44.4 Å². The van der Waals surface area contributed by atoms with Gasteiger partial charge in [0.05, 0.1) is 0 Å². The monoisotopic (exact) mass is 358 g/mol. The molecule has 1 aliphatic rings. The molecule has 0 N–H and O–H groups in total. The maximum Gasteiger partial charge on any atom is 0.401 e. The molecule has 18 heavy (non-hydrogen) atoms. The van der Waals surface area contributed by atoms with Crippen molar-refractivity contribution >= 4 is 39.1 Å². The Balaban J connectivity index is 2.62. The molecule has 1 aliphatic carbocycles. The molecule has 0 aliphatic heterocycles. The largest absolute Gasteiger partial charge is 0.401 e. The third kappa shape index (κ3) is 2.43.